The summed E-state index contributed by atoms with van der Waals surface area (Å²) in [6, 6.07) is 17.9. The molecule has 0 amide bonds. The van der Waals surface area contributed by atoms with Gasteiger partial charge >= 0.3 is 0 Å². The molecule has 0 aliphatic heterocycles. The third-order valence-electron chi connectivity index (χ3n) is 4.03. The monoisotopic (exact) mass is 510 g/mol. The Labute approximate surface area is 187 Å². The van der Waals surface area contributed by atoms with Crippen LogP contribution in [0.15, 0.2) is 65.9 Å². The van der Waals surface area contributed by atoms with Gasteiger partial charge in [0.1, 0.15) is 12.9 Å². The minimum Gasteiger partial charge on any atom is -0.357 e. The fourth-order valence-corrected chi connectivity index (χ4v) is 2.98. The van der Waals surface area contributed by atoms with Crippen LogP contribution in [-0.4, -0.2) is 39.2 Å². The fraction of sp³-hybridized carbons (Fsp3) is 0.250. The lowest BCUT2D eigenvalue weighted by atomic mass is 10.2. The van der Waals surface area contributed by atoms with Crippen LogP contribution in [0, 0.1) is 0 Å². The van der Waals surface area contributed by atoms with Crippen LogP contribution in [0.3, 0.4) is 0 Å². The van der Waals surface area contributed by atoms with Crippen LogP contribution in [-0.2, 0) is 13.1 Å². The van der Waals surface area contributed by atoms with Gasteiger partial charge in [0.15, 0.2) is 11.8 Å². The summed E-state index contributed by atoms with van der Waals surface area (Å²) in [6.45, 7) is 3.97. The lowest BCUT2D eigenvalue weighted by Crippen LogP contribution is -2.38. The summed E-state index contributed by atoms with van der Waals surface area (Å²) in [4.78, 5) is 6.80. The lowest BCUT2D eigenvalue weighted by molar-refractivity contribution is 0.476. The molecule has 1 heterocycles. The predicted molar refractivity (Wildman–Crippen MR) is 125 cm³/mol. The standard InChI is InChI=1S/C20H23ClN6.HI/c1-3-22-20(26(2)14-16-8-7-9-17(21)12-16)23-13-19-25-24-15-27(19)18-10-5-4-6-11-18;/h4-12,15H,3,13-14H2,1-2H3,(H,22,23);1H. The van der Waals surface area contributed by atoms with Crippen molar-refractivity contribution in [2.24, 2.45) is 4.99 Å². The first-order valence-electron chi connectivity index (χ1n) is 8.85. The van der Waals surface area contributed by atoms with Crippen molar-refractivity contribution in [2.45, 2.75) is 20.0 Å². The zero-order chi connectivity index (χ0) is 19.1. The molecular formula is C20H24ClIN6. The van der Waals surface area contributed by atoms with Gasteiger partial charge in [0.25, 0.3) is 0 Å². The number of hydrogen-bond donors (Lipinski definition) is 1. The van der Waals surface area contributed by atoms with E-state index >= 15 is 0 Å². The van der Waals surface area contributed by atoms with Crippen LogP contribution in [0.1, 0.15) is 18.3 Å². The Hall–Kier alpha value is -2.13. The van der Waals surface area contributed by atoms with Crippen LogP contribution >= 0.6 is 35.6 Å². The van der Waals surface area contributed by atoms with Crippen LogP contribution < -0.4 is 5.32 Å². The molecule has 0 aliphatic rings. The summed E-state index contributed by atoms with van der Waals surface area (Å²) >= 11 is 6.09. The molecule has 0 saturated carbocycles. The number of nitrogens with one attached hydrogen (secondary N) is 1. The average Bonchev–Trinajstić information content (AvgIpc) is 3.14. The Morgan fingerprint density at radius 1 is 1.18 bits per heavy atom. The van der Waals surface area contributed by atoms with Gasteiger partial charge in [0, 0.05) is 30.8 Å². The molecule has 1 aromatic heterocycles. The number of guanidine groups is 1. The second-order valence-electron chi connectivity index (χ2n) is 6.11. The van der Waals surface area contributed by atoms with Gasteiger partial charge in [-0.05, 0) is 36.8 Å². The number of para-hydroxylation sites is 1. The molecule has 8 heteroatoms. The topological polar surface area (TPSA) is 58.3 Å². The summed E-state index contributed by atoms with van der Waals surface area (Å²) in [5.74, 6) is 1.59. The van der Waals surface area contributed by atoms with E-state index in [1.54, 1.807) is 6.33 Å². The molecule has 0 bridgehead atoms. The molecular weight excluding hydrogens is 487 g/mol. The number of benzene rings is 2. The molecule has 3 aromatic rings. The largest absolute Gasteiger partial charge is 0.357 e. The molecule has 0 unspecified atom stereocenters. The van der Waals surface area contributed by atoms with Gasteiger partial charge < -0.3 is 10.2 Å². The number of hydrogen-bond acceptors (Lipinski definition) is 3. The second kappa shape index (κ2) is 11.0. The van der Waals surface area contributed by atoms with E-state index in [9.17, 15) is 0 Å². The van der Waals surface area contributed by atoms with Crippen molar-refractivity contribution >= 4 is 41.5 Å². The van der Waals surface area contributed by atoms with Gasteiger partial charge in [0.05, 0.1) is 0 Å². The minimum atomic E-state index is 0. The van der Waals surface area contributed by atoms with E-state index in [-0.39, 0.29) is 24.0 Å². The van der Waals surface area contributed by atoms with Crippen molar-refractivity contribution in [1.29, 1.82) is 0 Å². The van der Waals surface area contributed by atoms with Gasteiger partial charge in [-0.3, -0.25) is 4.57 Å². The molecule has 0 spiro atoms. The third kappa shape index (κ3) is 5.93. The van der Waals surface area contributed by atoms with Crippen molar-refractivity contribution in [3.8, 4) is 5.69 Å². The molecule has 1 N–H and O–H groups in total. The van der Waals surface area contributed by atoms with E-state index < -0.39 is 0 Å². The zero-order valence-corrected chi connectivity index (χ0v) is 19.0. The Balaban J connectivity index is 0.00000280. The highest BCUT2D eigenvalue weighted by Crippen LogP contribution is 2.13. The van der Waals surface area contributed by atoms with Crippen LogP contribution in [0.5, 0.6) is 0 Å². The van der Waals surface area contributed by atoms with E-state index in [1.807, 2.05) is 60.1 Å². The smallest absolute Gasteiger partial charge is 0.194 e. The maximum Gasteiger partial charge on any atom is 0.194 e. The highest BCUT2D eigenvalue weighted by Gasteiger charge is 2.10. The third-order valence-corrected chi connectivity index (χ3v) is 4.26. The average molecular weight is 511 g/mol. The summed E-state index contributed by atoms with van der Waals surface area (Å²) in [5.41, 5.74) is 2.15. The van der Waals surface area contributed by atoms with Gasteiger partial charge in [-0.25, -0.2) is 4.99 Å². The first kappa shape index (κ1) is 22.2. The maximum atomic E-state index is 6.09. The highest BCUT2D eigenvalue weighted by molar-refractivity contribution is 14.0. The molecule has 28 heavy (non-hydrogen) atoms. The quantitative estimate of drug-likeness (QED) is 0.308. The SMILES string of the molecule is CCNC(=NCc1nncn1-c1ccccc1)N(C)Cc1cccc(Cl)c1.I. The van der Waals surface area contributed by atoms with Crippen molar-refractivity contribution in [3.63, 3.8) is 0 Å². The summed E-state index contributed by atoms with van der Waals surface area (Å²) in [6.07, 6.45) is 1.71. The summed E-state index contributed by atoms with van der Waals surface area (Å²) < 4.78 is 1.95. The van der Waals surface area contributed by atoms with Crippen molar-refractivity contribution < 1.29 is 0 Å². The second-order valence-corrected chi connectivity index (χ2v) is 6.55. The van der Waals surface area contributed by atoms with Crippen LogP contribution in [0.2, 0.25) is 5.02 Å². The van der Waals surface area contributed by atoms with E-state index in [2.05, 4.69) is 33.4 Å². The van der Waals surface area contributed by atoms with Gasteiger partial charge in [0.2, 0.25) is 0 Å². The molecule has 0 fully saturated rings. The van der Waals surface area contributed by atoms with Crippen molar-refractivity contribution in [1.82, 2.24) is 25.0 Å². The van der Waals surface area contributed by atoms with E-state index in [4.69, 9.17) is 16.6 Å². The molecule has 3 rings (SSSR count). The molecule has 0 aliphatic carbocycles. The Bertz CT molecular complexity index is 896. The van der Waals surface area contributed by atoms with E-state index in [1.165, 1.54) is 0 Å². The molecule has 0 radical (unpaired) electrons. The number of rotatable bonds is 6. The van der Waals surface area contributed by atoms with Gasteiger partial charge in [-0.1, -0.05) is 41.9 Å². The van der Waals surface area contributed by atoms with Crippen LogP contribution in [0.4, 0.5) is 0 Å². The minimum absolute atomic E-state index is 0. The van der Waals surface area contributed by atoms with Crippen molar-refractivity contribution in [2.75, 3.05) is 13.6 Å². The van der Waals surface area contributed by atoms with Gasteiger partial charge in [-0.2, -0.15) is 0 Å². The lowest BCUT2D eigenvalue weighted by Gasteiger charge is -2.22. The van der Waals surface area contributed by atoms with E-state index in [0.29, 0.717) is 13.1 Å². The first-order chi connectivity index (χ1) is 13.2. The molecule has 2 aromatic carbocycles. The normalized spacial score (nSPS) is 11.0. The maximum absolute atomic E-state index is 6.09. The number of aliphatic imine (C=N–C) groups is 1. The predicted octanol–water partition coefficient (Wildman–Crippen LogP) is 4.14. The molecule has 0 saturated heterocycles. The highest BCUT2D eigenvalue weighted by atomic mass is 127. The van der Waals surface area contributed by atoms with E-state index in [0.717, 1.165) is 34.6 Å². The Kier molecular flexibility index (Phi) is 8.72. The van der Waals surface area contributed by atoms with Crippen molar-refractivity contribution in [3.05, 3.63) is 77.3 Å². The van der Waals surface area contributed by atoms with Crippen LogP contribution in [0.25, 0.3) is 5.69 Å². The Morgan fingerprint density at radius 3 is 2.68 bits per heavy atom. The van der Waals surface area contributed by atoms with Gasteiger partial charge in [-0.15, -0.1) is 34.2 Å². The summed E-state index contributed by atoms with van der Waals surface area (Å²) in [5, 5.41) is 12.3. The molecule has 0 atom stereocenters. The molecule has 6 nitrogen and oxygen atoms in total. The number of halogens is 2. The summed E-state index contributed by atoms with van der Waals surface area (Å²) in [7, 11) is 2.00. The zero-order valence-electron chi connectivity index (χ0n) is 15.9. The Morgan fingerprint density at radius 2 is 1.96 bits per heavy atom. The molecule has 148 valence electrons. The number of aromatic nitrogens is 3. The fourth-order valence-electron chi connectivity index (χ4n) is 2.77. The number of nitrogens with zero attached hydrogens (tertiary/aromatic N) is 5. The first-order valence-corrected chi connectivity index (χ1v) is 9.23.